The summed E-state index contributed by atoms with van der Waals surface area (Å²) in [6, 6.07) is 50.2. The van der Waals surface area contributed by atoms with Crippen molar-refractivity contribution in [1.82, 2.24) is 9.13 Å². The second-order valence-electron chi connectivity index (χ2n) is 10.5. The zero-order valence-electron chi connectivity index (χ0n) is 22.5. The maximum absolute atomic E-state index is 9.57. The Kier molecular flexibility index (Phi) is 5.22. The number of benzene rings is 6. The highest BCUT2D eigenvalue weighted by atomic mass is 15.0. The summed E-state index contributed by atoms with van der Waals surface area (Å²) < 4.78 is 4.49. The molecule has 0 aliphatic heterocycles. The Labute approximate surface area is 242 Å². The van der Waals surface area contributed by atoms with Gasteiger partial charge in [0.2, 0.25) is 0 Å². The van der Waals surface area contributed by atoms with Gasteiger partial charge in [0, 0.05) is 32.9 Å². The van der Waals surface area contributed by atoms with Crippen LogP contribution in [-0.2, 0) is 0 Å². The maximum Gasteiger partial charge on any atom is 0.0992 e. The van der Waals surface area contributed by atoms with Crippen LogP contribution in [-0.4, -0.2) is 9.13 Å². The third-order valence-corrected chi connectivity index (χ3v) is 8.15. The van der Waals surface area contributed by atoms with Gasteiger partial charge in [0.15, 0.2) is 0 Å². The molecule has 0 N–H and O–H groups in total. The maximum atomic E-state index is 9.57. The lowest BCUT2D eigenvalue weighted by Gasteiger charge is -2.10. The fraction of sp³-hybridized carbons (Fsp3) is 0. The highest BCUT2D eigenvalue weighted by Crippen LogP contribution is 2.41. The number of nitrogens with zero attached hydrogens (tertiary/aromatic N) is 4. The van der Waals surface area contributed by atoms with Crippen molar-refractivity contribution in [1.29, 1.82) is 10.5 Å². The molecule has 0 aliphatic rings. The van der Waals surface area contributed by atoms with Crippen molar-refractivity contribution < 1.29 is 0 Å². The molecule has 194 valence electrons. The predicted octanol–water partition coefficient (Wildman–Crippen LogP) is 9.29. The summed E-state index contributed by atoms with van der Waals surface area (Å²) >= 11 is 0. The molecule has 8 rings (SSSR count). The first-order chi connectivity index (χ1) is 20.7. The zero-order valence-corrected chi connectivity index (χ0v) is 22.5. The first kappa shape index (κ1) is 23.8. The average molecular weight is 535 g/mol. The van der Waals surface area contributed by atoms with Crippen LogP contribution in [0.25, 0.3) is 66.1 Å². The van der Waals surface area contributed by atoms with Crippen molar-refractivity contribution in [3.8, 4) is 34.6 Å². The highest BCUT2D eigenvalue weighted by Gasteiger charge is 2.18. The van der Waals surface area contributed by atoms with E-state index in [2.05, 4.69) is 118 Å². The molecule has 0 fully saturated rings. The minimum Gasteiger partial charge on any atom is -0.309 e. The molecule has 0 aliphatic carbocycles. The summed E-state index contributed by atoms with van der Waals surface area (Å²) in [6.07, 6.45) is 0. The van der Waals surface area contributed by atoms with Gasteiger partial charge in [-0.1, -0.05) is 66.7 Å². The smallest absolute Gasteiger partial charge is 0.0992 e. The summed E-state index contributed by atoms with van der Waals surface area (Å²) in [5.41, 5.74) is 9.90. The molecule has 0 unspecified atom stereocenters. The standard InChI is InChI=1S/C38H22N4/c39-23-25-8-5-10-28(20-25)41-34-15-3-1-12-31(34)33-22-27(18-19-36(33)41)30-14-7-17-37-38(30)32-13-2-4-16-35(32)42(37)29-11-6-9-26(21-29)24-40/h1-22H. The van der Waals surface area contributed by atoms with Gasteiger partial charge in [-0.05, 0) is 77.9 Å². The zero-order chi connectivity index (χ0) is 28.2. The monoisotopic (exact) mass is 534 g/mol. The van der Waals surface area contributed by atoms with Gasteiger partial charge in [-0.15, -0.1) is 0 Å². The van der Waals surface area contributed by atoms with Crippen LogP contribution >= 0.6 is 0 Å². The van der Waals surface area contributed by atoms with Gasteiger partial charge in [-0.25, -0.2) is 0 Å². The van der Waals surface area contributed by atoms with Crippen molar-refractivity contribution in [3.05, 3.63) is 145 Å². The number of hydrogen-bond acceptors (Lipinski definition) is 2. The minimum absolute atomic E-state index is 0.636. The molecular weight excluding hydrogens is 512 g/mol. The van der Waals surface area contributed by atoms with Gasteiger partial charge < -0.3 is 9.13 Å². The van der Waals surface area contributed by atoms with Crippen LogP contribution in [0.1, 0.15) is 11.1 Å². The Balaban J connectivity index is 1.41. The average Bonchev–Trinajstić information content (AvgIpc) is 3.57. The van der Waals surface area contributed by atoms with E-state index in [1.165, 1.54) is 16.2 Å². The minimum atomic E-state index is 0.636. The predicted molar refractivity (Wildman–Crippen MR) is 170 cm³/mol. The first-order valence-corrected chi connectivity index (χ1v) is 13.8. The first-order valence-electron chi connectivity index (χ1n) is 13.8. The van der Waals surface area contributed by atoms with Crippen LogP contribution in [0.2, 0.25) is 0 Å². The van der Waals surface area contributed by atoms with Gasteiger partial charge in [-0.3, -0.25) is 0 Å². The number of nitriles is 2. The molecule has 2 heterocycles. The lowest BCUT2D eigenvalue weighted by Crippen LogP contribution is -1.94. The summed E-state index contributed by atoms with van der Waals surface area (Å²) in [5, 5.41) is 23.8. The van der Waals surface area contributed by atoms with Gasteiger partial charge >= 0.3 is 0 Å². The van der Waals surface area contributed by atoms with Gasteiger partial charge in [0.05, 0.1) is 45.3 Å². The highest BCUT2D eigenvalue weighted by molar-refractivity contribution is 6.17. The normalized spacial score (nSPS) is 11.3. The Morgan fingerprint density at radius 2 is 0.976 bits per heavy atom. The van der Waals surface area contributed by atoms with Crippen molar-refractivity contribution in [2.24, 2.45) is 0 Å². The second-order valence-corrected chi connectivity index (χ2v) is 10.5. The van der Waals surface area contributed by atoms with E-state index in [4.69, 9.17) is 0 Å². The topological polar surface area (TPSA) is 57.4 Å². The Morgan fingerprint density at radius 3 is 1.67 bits per heavy atom. The largest absolute Gasteiger partial charge is 0.309 e. The SMILES string of the molecule is N#Cc1cccc(-n2c3ccccc3c3cc(-c4cccc5c4c4ccccc4n5-c4cccc(C#N)c4)ccc32)c1. The summed E-state index contributed by atoms with van der Waals surface area (Å²) in [4.78, 5) is 0. The lowest BCUT2D eigenvalue weighted by atomic mass is 9.98. The molecule has 0 radical (unpaired) electrons. The lowest BCUT2D eigenvalue weighted by molar-refractivity contribution is 1.18. The van der Waals surface area contributed by atoms with Crippen LogP contribution in [0.3, 0.4) is 0 Å². The third kappa shape index (κ3) is 3.47. The molecule has 6 aromatic carbocycles. The van der Waals surface area contributed by atoms with Gasteiger partial charge in [-0.2, -0.15) is 10.5 Å². The van der Waals surface area contributed by atoms with E-state index in [0.717, 1.165) is 50.0 Å². The van der Waals surface area contributed by atoms with Gasteiger partial charge in [0.25, 0.3) is 0 Å². The van der Waals surface area contributed by atoms with Crippen molar-refractivity contribution in [3.63, 3.8) is 0 Å². The van der Waals surface area contributed by atoms with Crippen molar-refractivity contribution in [2.75, 3.05) is 0 Å². The van der Waals surface area contributed by atoms with Crippen molar-refractivity contribution >= 4 is 43.6 Å². The molecule has 0 saturated heterocycles. The molecule has 0 bridgehead atoms. The van der Waals surface area contributed by atoms with Crippen LogP contribution in [0.5, 0.6) is 0 Å². The van der Waals surface area contributed by atoms with Gasteiger partial charge in [0.1, 0.15) is 0 Å². The molecular formula is C38H22N4. The fourth-order valence-corrected chi connectivity index (χ4v) is 6.39. The van der Waals surface area contributed by atoms with Crippen molar-refractivity contribution in [2.45, 2.75) is 0 Å². The van der Waals surface area contributed by atoms with E-state index in [0.29, 0.717) is 11.1 Å². The second kappa shape index (κ2) is 9.24. The van der Waals surface area contributed by atoms with E-state index in [1.807, 2.05) is 36.4 Å². The Bertz CT molecular complexity index is 2440. The van der Waals surface area contributed by atoms with E-state index in [-0.39, 0.29) is 0 Å². The summed E-state index contributed by atoms with van der Waals surface area (Å²) in [6.45, 7) is 0. The van der Waals surface area contributed by atoms with Crippen LogP contribution in [0.4, 0.5) is 0 Å². The quantitative estimate of drug-likeness (QED) is 0.227. The molecule has 4 heteroatoms. The van der Waals surface area contributed by atoms with E-state index >= 15 is 0 Å². The molecule has 2 aromatic heterocycles. The molecule has 0 saturated carbocycles. The summed E-state index contributed by atoms with van der Waals surface area (Å²) in [7, 11) is 0. The van der Waals surface area contributed by atoms with Crippen LogP contribution in [0.15, 0.2) is 133 Å². The summed E-state index contributed by atoms with van der Waals surface area (Å²) in [5.74, 6) is 0. The number of para-hydroxylation sites is 2. The molecule has 0 amide bonds. The van der Waals surface area contributed by atoms with E-state index in [1.54, 1.807) is 0 Å². The molecule has 0 spiro atoms. The fourth-order valence-electron chi connectivity index (χ4n) is 6.39. The molecule has 8 aromatic rings. The van der Waals surface area contributed by atoms with Crippen LogP contribution < -0.4 is 0 Å². The Hall–Kier alpha value is -6.10. The number of rotatable bonds is 3. The van der Waals surface area contributed by atoms with E-state index in [9.17, 15) is 10.5 Å². The Morgan fingerprint density at radius 1 is 0.429 bits per heavy atom. The number of hydrogen-bond donors (Lipinski definition) is 0. The third-order valence-electron chi connectivity index (χ3n) is 8.15. The van der Waals surface area contributed by atoms with E-state index < -0.39 is 0 Å². The molecule has 0 atom stereocenters. The van der Waals surface area contributed by atoms with Crippen LogP contribution in [0, 0.1) is 22.7 Å². The molecule has 42 heavy (non-hydrogen) atoms. The molecule has 4 nitrogen and oxygen atoms in total. The number of aromatic nitrogens is 2. The number of fused-ring (bicyclic) bond motifs is 6.